The summed E-state index contributed by atoms with van der Waals surface area (Å²) in [7, 11) is 0. The van der Waals surface area contributed by atoms with Crippen molar-refractivity contribution in [2.45, 2.75) is 20.4 Å². The van der Waals surface area contributed by atoms with Gasteiger partial charge >= 0.3 is 11.9 Å². The molecule has 0 aliphatic rings. The number of ether oxygens (including phenoxy) is 2. The molecule has 112 valence electrons. The second kappa shape index (κ2) is 6.49. The molecule has 0 aliphatic heterocycles. The third-order valence-electron chi connectivity index (χ3n) is 2.51. The Kier molecular flexibility index (Phi) is 4.69. The molecule has 0 unspecified atom stereocenters. The summed E-state index contributed by atoms with van der Waals surface area (Å²) in [6.07, 6.45) is 1.37. The van der Waals surface area contributed by atoms with Crippen molar-refractivity contribution in [2.75, 3.05) is 13.2 Å². The first-order valence-corrected chi connectivity index (χ1v) is 6.65. The molecule has 9 heteroatoms. The molecule has 2 aromatic rings. The molecule has 0 amide bonds. The first-order chi connectivity index (χ1) is 10.1. The number of carbonyl (C=O) groups excluding carboxylic acids is 2. The molecular formula is C12H13ClN4O4. The lowest BCUT2D eigenvalue weighted by molar-refractivity contribution is -0.143. The maximum Gasteiger partial charge on any atom is 0.359 e. The summed E-state index contributed by atoms with van der Waals surface area (Å²) < 4.78 is 11.2. The molecule has 0 spiro atoms. The summed E-state index contributed by atoms with van der Waals surface area (Å²) >= 11 is 5.81. The van der Waals surface area contributed by atoms with Gasteiger partial charge in [0.05, 0.1) is 19.5 Å². The molecule has 0 aliphatic carbocycles. The summed E-state index contributed by atoms with van der Waals surface area (Å²) in [5.41, 5.74) is 0.461. The van der Waals surface area contributed by atoms with Gasteiger partial charge in [-0.1, -0.05) is 0 Å². The van der Waals surface area contributed by atoms with Crippen molar-refractivity contribution in [3.8, 4) is 0 Å². The summed E-state index contributed by atoms with van der Waals surface area (Å²) in [5.74, 6) is -1.09. The molecule has 2 heterocycles. The van der Waals surface area contributed by atoms with Crippen LogP contribution in [0.1, 0.15) is 24.3 Å². The first-order valence-electron chi connectivity index (χ1n) is 6.27. The fraction of sp³-hybridized carbons (Fsp3) is 0.417. The Balaban J connectivity index is 2.43. The number of hydrogen-bond donors (Lipinski definition) is 0. The van der Waals surface area contributed by atoms with E-state index in [0.29, 0.717) is 0 Å². The third-order valence-corrected chi connectivity index (χ3v) is 2.68. The number of fused-ring (bicyclic) bond motifs is 1. The highest BCUT2D eigenvalue weighted by atomic mass is 35.5. The second-order valence-corrected chi connectivity index (χ2v) is 4.25. The number of aromatic nitrogens is 4. The molecule has 0 bridgehead atoms. The summed E-state index contributed by atoms with van der Waals surface area (Å²) in [6, 6.07) is 0. The standard InChI is InChI=1S/C12H13ClN4O4/c1-3-20-7(18)5-17-6-14-8-9(11(19)21-4-2)15-12(13)16-10(8)17/h6H,3-5H2,1-2H3. The van der Waals surface area contributed by atoms with Gasteiger partial charge in [0.1, 0.15) is 12.1 Å². The van der Waals surface area contributed by atoms with Gasteiger partial charge in [-0.3, -0.25) is 4.79 Å². The van der Waals surface area contributed by atoms with E-state index in [2.05, 4.69) is 15.0 Å². The molecule has 0 radical (unpaired) electrons. The summed E-state index contributed by atoms with van der Waals surface area (Å²) in [5, 5.41) is -0.129. The predicted molar refractivity (Wildman–Crippen MR) is 72.9 cm³/mol. The monoisotopic (exact) mass is 312 g/mol. The van der Waals surface area contributed by atoms with Crippen molar-refractivity contribution in [1.29, 1.82) is 0 Å². The third kappa shape index (κ3) is 3.27. The number of halogens is 1. The van der Waals surface area contributed by atoms with E-state index in [1.807, 2.05) is 0 Å². The minimum absolute atomic E-state index is 0.0329. The zero-order valence-electron chi connectivity index (χ0n) is 11.5. The lowest BCUT2D eigenvalue weighted by Gasteiger charge is -2.05. The van der Waals surface area contributed by atoms with Gasteiger partial charge in [0.2, 0.25) is 5.28 Å². The van der Waals surface area contributed by atoms with E-state index >= 15 is 0 Å². The quantitative estimate of drug-likeness (QED) is 0.605. The van der Waals surface area contributed by atoms with E-state index in [9.17, 15) is 9.59 Å². The van der Waals surface area contributed by atoms with Gasteiger partial charge in [0.25, 0.3) is 0 Å². The largest absolute Gasteiger partial charge is 0.465 e. The van der Waals surface area contributed by atoms with E-state index in [0.717, 1.165) is 0 Å². The van der Waals surface area contributed by atoms with Crippen LogP contribution >= 0.6 is 11.6 Å². The van der Waals surface area contributed by atoms with Crippen molar-refractivity contribution >= 4 is 34.7 Å². The normalized spacial score (nSPS) is 10.6. The first kappa shape index (κ1) is 15.2. The molecule has 8 nitrogen and oxygen atoms in total. The number of carbonyl (C=O) groups is 2. The Labute approximate surface area is 125 Å². The molecular weight excluding hydrogens is 300 g/mol. The van der Waals surface area contributed by atoms with E-state index in [4.69, 9.17) is 21.1 Å². The Morgan fingerprint density at radius 1 is 1.24 bits per heavy atom. The number of nitrogens with zero attached hydrogens (tertiary/aromatic N) is 4. The van der Waals surface area contributed by atoms with Crippen LogP contribution in [0.5, 0.6) is 0 Å². The van der Waals surface area contributed by atoms with Crippen LogP contribution in [0.4, 0.5) is 0 Å². The number of hydrogen-bond acceptors (Lipinski definition) is 7. The second-order valence-electron chi connectivity index (χ2n) is 3.91. The predicted octanol–water partition coefficient (Wildman–Crippen LogP) is 1.22. The SMILES string of the molecule is CCOC(=O)Cn1cnc2c(C(=O)OCC)nc(Cl)nc21. The van der Waals surface area contributed by atoms with E-state index in [-0.39, 0.29) is 41.9 Å². The van der Waals surface area contributed by atoms with Crippen LogP contribution in [0.3, 0.4) is 0 Å². The Bertz CT molecular complexity index is 685. The maximum atomic E-state index is 11.8. The van der Waals surface area contributed by atoms with Crippen molar-refractivity contribution in [3.63, 3.8) is 0 Å². The summed E-state index contributed by atoms with van der Waals surface area (Å²) in [4.78, 5) is 35.2. The highest BCUT2D eigenvalue weighted by Gasteiger charge is 2.20. The van der Waals surface area contributed by atoms with Gasteiger partial charge in [-0.25, -0.2) is 14.8 Å². The van der Waals surface area contributed by atoms with Gasteiger partial charge in [-0.15, -0.1) is 0 Å². The van der Waals surface area contributed by atoms with Crippen LogP contribution in [0.15, 0.2) is 6.33 Å². The Morgan fingerprint density at radius 3 is 2.62 bits per heavy atom. The fourth-order valence-electron chi connectivity index (χ4n) is 1.72. The fourth-order valence-corrected chi connectivity index (χ4v) is 1.89. The van der Waals surface area contributed by atoms with Crippen molar-refractivity contribution in [1.82, 2.24) is 19.5 Å². The van der Waals surface area contributed by atoms with Crippen molar-refractivity contribution < 1.29 is 19.1 Å². The molecule has 0 N–H and O–H groups in total. The molecule has 2 rings (SSSR count). The molecule has 0 atom stereocenters. The topological polar surface area (TPSA) is 96.2 Å². The van der Waals surface area contributed by atoms with Crippen LogP contribution in [0.25, 0.3) is 11.2 Å². The lowest BCUT2D eigenvalue weighted by atomic mass is 10.3. The average Bonchev–Trinajstić information content (AvgIpc) is 2.81. The van der Waals surface area contributed by atoms with Gasteiger partial charge in [0, 0.05) is 0 Å². The molecule has 0 saturated carbocycles. The zero-order chi connectivity index (χ0) is 15.4. The number of esters is 2. The molecule has 0 saturated heterocycles. The van der Waals surface area contributed by atoms with Crippen LogP contribution < -0.4 is 0 Å². The summed E-state index contributed by atoms with van der Waals surface area (Å²) in [6.45, 7) is 3.78. The highest BCUT2D eigenvalue weighted by Crippen LogP contribution is 2.17. The maximum absolute atomic E-state index is 11.8. The van der Waals surface area contributed by atoms with E-state index in [1.165, 1.54) is 10.9 Å². The number of imidazole rings is 1. The van der Waals surface area contributed by atoms with Crippen LogP contribution in [0.2, 0.25) is 5.28 Å². The smallest absolute Gasteiger partial charge is 0.359 e. The van der Waals surface area contributed by atoms with Gasteiger partial charge in [0.15, 0.2) is 11.3 Å². The van der Waals surface area contributed by atoms with Gasteiger partial charge in [-0.05, 0) is 25.4 Å². The van der Waals surface area contributed by atoms with Crippen molar-refractivity contribution in [3.05, 3.63) is 17.3 Å². The molecule has 2 aromatic heterocycles. The van der Waals surface area contributed by atoms with Crippen LogP contribution in [-0.2, 0) is 20.8 Å². The lowest BCUT2D eigenvalue weighted by Crippen LogP contribution is -2.14. The number of rotatable bonds is 5. The minimum Gasteiger partial charge on any atom is -0.465 e. The average molecular weight is 313 g/mol. The molecule has 0 aromatic carbocycles. The molecule has 0 fully saturated rings. The van der Waals surface area contributed by atoms with Crippen LogP contribution in [-0.4, -0.2) is 44.7 Å². The molecule has 21 heavy (non-hydrogen) atoms. The van der Waals surface area contributed by atoms with Gasteiger partial charge in [-0.2, -0.15) is 4.98 Å². The Morgan fingerprint density at radius 2 is 1.95 bits per heavy atom. The highest BCUT2D eigenvalue weighted by molar-refractivity contribution is 6.28. The zero-order valence-corrected chi connectivity index (χ0v) is 12.3. The Hall–Kier alpha value is -2.22. The van der Waals surface area contributed by atoms with Gasteiger partial charge < -0.3 is 14.0 Å². The van der Waals surface area contributed by atoms with Crippen molar-refractivity contribution in [2.24, 2.45) is 0 Å². The minimum atomic E-state index is -0.645. The van der Waals surface area contributed by atoms with Crippen LogP contribution in [0, 0.1) is 0 Å². The van der Waals surface area contributed by atoms with E-state index < -0.39 is 11.9 Å². The van der Waals surface area contributed by atoms with E-state index in [1.54, 1.807) is 13.8 Å².